The number of benzene rings is 2. The first-order valence-corrected chi connectivity index (χ1v) is 8.53. The Balaban J connectivity index is 2.03. The largest absolute Gasteiger partial charge is 0.489 e. The lowest BCUT2D eigenvalue weighted by Crippen LogP contribution is -2.46. The third kappa shape index (κ3) is 3.38. The predicted molar refractivity (Wildman–Crippen MR) is 101 cm³/mol. The van der Waals surface area contributed by atoms with Gasteiger partial charge in [0.1, 0.15) is 18.5 Å². The van der Waals surface area contributed by atoms with Crippen LogP contribution in [0.4, 0.5) is 5.69 Å². The molecule has 3 rings (SSSR count). The van der Waals surface area contributed by atoms with E-state index in [4.69, 9.17) is 4.74 Å². The number of amides is 1. The first-order chi connectivity index (χ1) is 12.0. The van der Waals surface area contributed by atoms with Crippen molar-refractivity contribution in [3.05, 3.63) is 71.8 Å². The van der Waals surface area contributed by atoms with Gasteiger partial charge in [-0.3, -0.25) is 4.79 Å². The molecule has 2 aromatic carbocycles. The summed E-state index contributed by atoms with van der Waals surface area (Å²) in [6.45, 7) is 10.3. The van der Waals surface area contributed by atoms with Crippen LogP contribution >= 0.6 is 0 Å². The van der Waals surface area contributed by atoms with E-state index in [0.29, 0.717) is 12.2 Å². The molecule has 1 heterocycles. The van der Waals surface area contributed by atoms with Crippen LogP contribution in [0.1, 0.15) is 42.9 Å². The number of fused-ring (bicyclic) bond motifs is 1. The zero-order chi connectivity index (χ0) is 18.0. The molecule has 1 amide bonds. The van der Waals surface area contributed by atoms with Crippen LogP contribution in [0.5, 0.6) is 5.75 Å². The third-order valence-electron chi connectivity index (χ3n) is 4.21. The second-order valence-electron chi connectivity index (χ2n) is 6.68. The van der Waals surface area contributed by atoms with Gasteiger partial charge < -0.3 is 15.0 Å². The highest BCUT2D eigenvalue weighted by Gasteiger charge is 2.35. The summed E-state index contributed by atoms with van der Waals surface area (Å²) < 4.78 is 5.93. The molecule has 0 saturated heterocycles. The molecule has 1 aliphatic heterocycles. The van der Waals surface area contributed by atoms with Gasteiger partial charge in [0.2, 0.25) is 0 Å². The molecule has 1 aliphatic rings. The van der Waals surface area contributed by atoms with Gasteiger partial charge in [-0.25, -0.2) is 0 Å². The summed E-state index contributed by atoms with van der Waals surface area (Å²) in [6.07, 6.45) is -0.274. The Hall–Kier alpha value is -2.75. The third-order valence-corrected chi connectivity index (χ3v) is 4.21. The van der Waals surface area contributed by atoms with Gasteiger partial charge >= 0.3 is 0 Å². The fourth-order valence-corrected chi connectivity index (χ4v) is 3.07. The molecule has 0 aromatic heterocycles. The maximum absolute atomic E-state index is 13.1. The van der Waals surface area contributed by atoms with Crippen molar-refractivity contribution in [3.8, 4) is 5.75 Å². The van der Waals surface area contributed by atoms with Crippen molar-refractivity contribution in [3.63, 3.8) is 0 Å². The van der Waals surface area contributed by atoms with Gasteiger partial charge in [0.25, 0.3) is 5.91 Å². The fourth-order valence-electron chi connectivity index (χ4n) is 3.07. The second kappa shape index (κ2) is 7.01. The number of nitrogens with zero attached hydrogens (tertiary/aromatic N) is 1. The number of carbonyl (C=O) groups excluding carboxylic acids is 1. The van der Waals surface area contributed by atoms with Crippen LogP contribution in [0.3, 0.4) is 0 Å². The fraction of sp³-hybridized carbons (Fsp3) is 0.286. The quantitative estimate of drug-likeness (QED) is 0.810. The zero-order valence-corrected chi connectivity index (χ0v) is 15.0. The van der Waals surface area contributed by atoms with Crippen molar-refractivity contribution in [2.45, 2.75) is 33.0 Å². The number of ether oxygens (including phenoxy) is 1. The van der Waals surface area contributed by atoms with Crippen LogP contribution in [-0.4, -0.2) is 23.5 Å². The highest BCUT2D eigenvalue weighted by Crippen LogP contribution is 2.37. The highest BCUT2D eigenvalue weighted by atomic mass is 16.5. The molecular weight excluding hydrogens is 312 g/mol. The number of hydrogen-bond acceptors (Lipinski definition) is 3. The molecule has 25 heavy (non-hydrogen) atoms. The van der Waals surface area contributed by atoms with Gasteiger partial charge in [0.05, 0.1) is 5.56 Å². The van der Waals surface area contributed by atoms with E-state index in [1.165, 1.54) is 0 Å². The lowest BCUT2D eigenvalue weighted by atomic mass is 10.0. The Morgan fingerprint density at radius 3 is 2.60 bits per heavy atom. The van der Waals surface area contributed by atoms with E-state index in [-0.39, 0.29) is 18.1 Å². The molecular formula is C21H24N2O2. The van der Waals surface area contributed by atoms with E-state index in [9.17, 15) is 4.79 Å². The molecule has 4 heteroatoms. The highest BCUT2D eigenvalue weighted by molar-refractivity contribution is 6.01. The Morgan fingerprint density at radius 2 is 1.88 bits per heavy atom. The Morgan fingerprint density at radius 1 is 1.20 bits per heavy atom. The first kappa shape index (κ1) is 17.1. The minimum Gasteiger partial charge on any atom is -0.489 e. The van der Waals surface area contributed by atoms with E-state index in [1.54, 1.807) is 0 Å². The van der Waals surface area contributed by atoms with E-state index in [1.807, 2.05) is 74.2 Å². The molecule has 1 unspecified atom stereocenters. The van der Waals surface area contributed by atoms with Crippen molar-refractivity contribution in [1.29, 1.82) is 0 Å². The number of nitrogens with one attached hydrogen (secondary N) is 1. The van der Waals surface area contributed by atoms with Crippen LogP contribution in [0.2, 0.25) is 0 Å². The molecule has 0 bridgehead atoms. The number of rotatable bonds is 5. The SMILES string of the molecule is C=C(C)COc1ccccc1C1Nc2ccccc2C(=O)N1C(C)C. The Bertz CT molecular complexity index is 798. The normalized spacial score (nSPS) is 16.4. The topological polar surface area (TPSA) is 41.6 Å². The lowest BCUT2D eigenvalue weighted by molar-refractivity contribution is 0.0614. The standard InChI is InChI=1S/C21H24N2O2/c1-14(2)13-25-19-12-8-6-10-17(19)20-22-18-11-7-5-9-16(18)21(24)23(20)15(3)4/h5-12,15,20,22H,1,13H2,2-4H3. The summed E-state index contributed by atoms with van der Waals surface area (Å²) in [4.78, 5) is 14.9. The van der Waals surface area contributed by atoms with Gasteiger partial charge in [-0.05, 0) is 44.5 Å². The van der Waals surface area contributed by atoms with E-state index >= 15 is 0 Å². The maximum Gasteiger partial charge on any atom is 0.258 e. The molecule has 0 spiro atoms. The van der Waals surface area contributed by atoms with Crippen LogP contribution in [0, 0.1) is 0 Å². The number of para-hydroxylation sites is 2. The Kier molecular flexibility index (Phi) is 4.79. The average molecular weight is 336 g/mol. The zero-order valence-electron chi connectivity index (χ0n) is 15.0. The Labute approximate surface area is 149 Å². The van der Waals surface area contributed by atoms with Gasteiger partial charge in [-0.1, -0.05) is 36.9 Å². The molecule has 1 atom stereocenters. The molecule has 130 valence electrons. The molecule has 0 saturated carbocycles. The van der Waals surface area contributed by atoms with E-state index in [0.717, 1.165) is 22.6 Å². The van der Waals surface area contributed by atoms with Crippen molar-refractivity contribution < 1.29 is 9.53 Å². The molecule has 2 aromatic rings. The minimum atomic E-state index is -0.274. The van der Waals surface area contributed by atoms with Gasteiger partial charge in [0.15, 0.2) is 0 Å². The molecule has 0 fully saturated rings. The first-order valence-electron chi connectivity index (χ1n) is 8.53. The number of hydrogen-bond donors (Lipinski definition) is 1. The van der Waals surface area contributed by atoms with E-state index < -0.39 is 0 Å². The minimum absolute atomic E-state index is 0.0315. The average Bonchev–Trinajstić information content (AvgIpc) is 2.59. The monoisotopic (exact) mass is 336 g/mol. The van der Waals surface area contributed by atoms with Crippen molar-refractivity contribution in [1.82, 2.24) is 4.90 Å². The van der Waals surface area contributed by atoms with Crippen LogP contribution in [0.15, 0.2) is 60.7 Å². The lowest BCUT2D eigenvalue weighted by Gasteiger charge is -2.41. The van der Waals surface area contributed by atoms with Crippen molar-refractivity contribution >= 4 is 11.6 Å². The molecule has 4 nitrogen and oxygen atoms in total. The summed E-state index contributed by atoms with van der Waals surface area (Å²) in [5.41, 5.74) is 3.45. The van der Waals surface area contributed by atoms with E-state index in [2.05, 4.69) is 11.9 Å². The summed E-state index contributed by atoms with van der Waals surface area (Å²) >= 11 is 0. The summed E-state index contributed by atoms with van der Waals surface area (Å²) in [7, 11) is 0. The molecule has 1 N–H and O–H groups in total. The van der Waals surface area contributed by atoms with Crippen LogP contribution < -0.4 is 10.1 Å². The second-order valence-corrected chi connectivity index (χ2v) is 6.68. The maximum atomic E-state index is 13.1. The number of carbonyl (C=O) groups is 1. The van der Waals surface area contributed by atoms with Gasteiger partial charge in [-0.15, -0.1) is 0 Å². The van der Waals surface area contributed by atoms with Crippen molar-refractivity contribution in [2.75, 3.05) is 11.9 Å². The van der Waals surface area contributed by atoms with Crippen molar-refractivity contribution in [2.24, 2.45) is 0 Å². The van der Waals surface area contributed by atoms with Gasteiger partial charge in [-0.2, -0.15) is 0 Å². The smallest absolute Gasteiger partial charge is 0.258 e. The van der Waals surface area contributed by atoms with Crippen LogP contribution in [-0.2, 0) is 0 Å². The van der Waals surface area contributed by atoms with Crippen LogP contribution in [0.25, 0.3) is 0 Å². The predicted octanol–water partition coefficient (Wildman–Crippen LogP) is 4.62. The summed E-state index contributed by atoms with van der Waals surface area (Å²) in [6, 6.07) is 15.5. The number of anilines is 1. The summed E-state index contributed by atoms with van der Waals surface area (Å²) in [5.74, 6) is 0.796. The molecule has 0 radical (unpaired) electrons. The van der Waals surface area contributed by atoms with Gasteiger partial charge in [0, 0.05) is 17.3 Å². The summed E-state index contributed by atoms with van der Waals surface area (Å²) in [5, 5.41) is 3.51. The molecule has 0 aliphatic carbocycles.